The second-order valence-corrected chi connectivity index (χ2v) is 16.1. The van der Waals surface area contributed by atoms with Gasteiger partial charge in [-0.25, -0.2) is 15.0 Å². The Hall–Kier alpha value is -3.89. The lowest BCUT2D eigenvalue weighted by molar-refractivity contribution is 0.402. The van der Waals surface area contributed by atoms with E-state index in [1.807, 2.05) is 42.6 Å². The summed E-state index contributed by atoms with van der Waals surface area (Å²) in [4.78, 5) is 20.1. The molecule has 0 bridgehead atoms. The topological polar surface area (TPSA) is 51.6 Å². The third-order valence-corrected chi connectivity index (χ3v) is 10.3. The fourth-order valence-corrected chi connectivity index (χ4v) is 8.46. The molecule has 2 aliphatic rings. The third-order valence-electron chi connectivity index (χ3n) is 10.0. The molecule has 0 N–H and O–H groups in total. The number of hydrogen-bond donors (Lipinski definition) is 0. The fourth-order valence-electron chi connectivity index (χ4n) is 8.34. The van der Waals surface area contributed by atoms with Gasteiger partial charge in [-0.05, 0) is 93.2 Å². The number of fused-ring (bicyclic) bond motifs is 2. The fraction of sp³-hybridized carbons (Fsp3) is 0.350. The van der Waals surface area contributed by atoms with Crippen molar-refractivity contribution in [1.82, 2.24) is 19.9 Å². The van der Waals surface area contributed by atoms with Crippen LogP contribution in [-0.4, -0.2) is 19.9 Å². The van der Waals surface area contributed by atoms with E-state index in [-0.39, 0.29) is 21.7 Å². The van der Waals surface area contributed by atoms with Crippen LogP contribution in [0.1, 0.15) is 90.5 Å². The molecule has 0 fully saturated rings. The van der Waals surface area contributed by atoms with Crippen LogP contribution in [0.25, 0.3) is 45.4 Å². The van der Waals surface area contributed by atoms with Crippen molar-refractivity contribution in [2.75, 3.05) is 0 Å². The first-order valence-corrected chi connectivity index (χ1v) is 16.3. The predicted molar refractivity (Wildman–Crippen MR) is 186 cm³/mol. The van der Waals surface area contributed by atoms with Crippen LogP contribution in [0.15, 0.2) is 79.0 Å². The largest absolute Gasteiger partial charge is 0.255 e. The average Bonchev–Trinajstić information content (AvgIpc) is 3.31. The van der Waals surface area contributed by atoms with Gasteiger partial charge in [-0.2, -0.15) is 0 Å². The van der Waals surface area contributed by atoms with Gasteiger partial charge in [-0.15, -0.1) is 0 Å². The van der Waals surface area contributed by atoms with Crippen LogP contribution in [0.4, 0.5) is 0 Å². The molecule has 0 radical (unpaired) electrons. The van der Waals surface area contributed by atoms with Gasteiger partial charge in [0.05, 0.1) is 5.69 Å². The minimum Gasteiger partial charge on any atom is -0.255 e. The molecular weight excluding hydrogens is 572 g/mol. The molecule has 2 aliphatic carbocycles. The Labute approximate surface area is 272 Å². The van der Waals surface area contributed by atoms with Gasteiger partial charge in [0.25, 0.3) is 0 Å². The summed E-state index contributed by atoms with van der Waals surface area (Å²) in [6.45, 7) is 18.8. The SMILES string of the molecule is CC1(C)CC(C)(C)c2cc(-c3nc(-c4ccc(-c5ccc(Cl)cc5)nc4)nc(-c4ccc5c(c4)C(C)(C)CC5(C)C)n3)ccc21. The third kappa shape index (κ3) is 5.17. The molecule has 0 saturated heterocycles. The minimum absolute atomic E-state index is 0.0767. The Bertz CT molecular complexity index is 1850. The summed E-state index contributed by atoms with van der Waals surface area (Å²) < 4.78 is 0. The Kier molecular flexibility index (Phi) is 6.66. The summed E-state index contributed by atoms with van der Waals surface area (Å²) in [5.74, 6) is 1.98. The van der Waals surface area contributed by atoms with Crippen molar-refractivity contribution in [3.05, 3.63) is 106 Å². The van der Waals surface area contributed by atoms with E-state index in [2.05, 4.69) is 91.8 Å². The summed E-state index contributed by atoms with van der Waals surface area (Å²) in [5.41, 5.74) is 10.8. The number of aromatic nitrogens is 4. The Balaban J connectivity index is 1.37. The van der Waals surface area contributed by atoms with Crippen LogP contribution in [-0.2, 0) is 21.7 Å². The van der Waals surface area contributed by atoms with Crippen molar-refractivity contribution in [1.29, 1.82) is 0 Å². The smallest absolute Gasteiger partial charge is 0.165 e. The van der Waals surface area contributed by atoms with Crippen molar-refractivity contribution in [3.8, 4) is 45.4 Å². The van der Waals surface area contributed by atoms with E-state index >= 15 is 0 Å². The lowest BCUT2D eigenvalue weighted by Crippen LogP contribution is -2.18. The molecule has 0 atom stereocenters. The molecule has 5 heteroatoms. The van der Waals surface area contributed by atoms with Gasteiger partial charge in [0.15, 0.2) is 17.5 Å². The Morgan fingerprint density at radius 2 is 0.867 bits per heavy atom. The van der Waals surface area contributed by atoms with E-state index in [0.29, 0.717) is 22.5 Å². The molecule has 45 heavy (non-hydrogen) atoms. The molecule has 0 unspecified atom stereocenters. The maximum absolute atomic E-state index is 6.11. The molecule has 7 rings (SSSR count). The summed E-state index contributed by atoms with van der Waals surface area (Å²) >= 11 is 6.11. The molecule has 228 valence electrons. The Morgan fingerprint density at radius 1 is 0.467 bits per heavy atom. The van der Waals surface area contributed by atoms with Gasteiger partial charge in [0, 0.05) is 33.5 Å². The molecule has 2 aromatic heterocycles. The lowest BCUT2D eigenvalue weighted by atomic mass is 9.82. The van der Waals surface area contributed by atoms with E-state index < -0.39 is 0 Å². The highest BCUT2D eigenvalue weighted by Crippen LogP contribution is 2.51. The molecular formula is C40H41ClN4. The minimum atomic E-state index is 0.0767. The van der Waals surface area contributed by atoms with Gasteiger partial charge in [-0.3, -0.25) is 4.98 Å². The predicted octanol–water partition coefficient (Wildman–Crippen LogP) is 10.5. The zero-order valence-electron chi connectivity index (χ0n) is 27.6. The summed E-state index contributed by atoms with van der Waals surface area (Å²) in [7, 11) is 0. The van der Waals surface area contributed by atoms with Gasteiger partial charge in [0.2, 0.25) is 0 Å². The number of pyridine rings is 1. The molecule has 0 spiro atoms. The van der Waals surface area contributed by atoms with E-state index in [4.69, 9.17) is 31.5 Å². The first-order chi connectivity index (χ1) is 21.1. The highest BCUT2D eigenvalue weighted by Gasteiger charge is 2.43. The zero-order chi connectivity index (χ0) is 31.9. The van der Waals surface area contributed by atoms with Crippen LogP contribution in [0.3, 0.4) is 0 Å². The molecule has 3 aromatic carbocycles. The zero-order valence-corrected chi connectivity index (χ0v) is 28.3. The van der Waals surface area contributed by atoms with Gasteiger partial charge >= 0.3 is 0 Å². The number of halogens is 1. The van der Waals surface area contributed by atoms with Crippen LogP contribution >= 0.6 is 11.6 Å². The van der Waals surface area contributed by atoms with Gasteiger partial charge < -0.3 is 0 Å². The van der Waals surface area contributed by atoms with Crippen LogP contribution < -0.4 is 0 Å². The number of nitrogens with zero attached hydrogens (tertiary/aromatic N) is 4. The highest BCUT2D eigenvalue weighted by atomic mass is 35.5. The summed E-state index contributed by atoms with van der Waals surface area (Å²) in [6.07, 6.45) is 4.08. The van der Waals surface area contributed by atoms with E-state index in [9.17, 15) is 0 Å². The summed E-state index contributed by atoms with van der Waals surface area (Å²) in [5, 5.41) is 0.706. The number of hydrogen-bond acceptors (Lipinski definition) is 4. The maximum atomic E-state index is 6.11. The average molecular weight is 613 g/mol. The maximum Gasteiger partial charge on any atom is 0.165 e. The quantitative estimate of drug-likeness (QED) is 0.202. The second kappa shape index (κ2) is 10.1. The molecule has 2 heterocycles. The first-order valence-electron chi connectivity index (χ1n) is 15.9. The molecule has 0 saturated carbocycles. The van der Waals surface area contributed by atoms with E-state index in [1.54, 1.807) is 0 Å². The molecule has 5 aromatic rings. The van der Waals surface area contributed by atoms with Crippen molar-refractivity contribution in [2.45, 2.75) is 89.9 Å². The molecule has 4 nitrogen and oxygen atoms in total. The second-order valence-electron chi connectivity index (χ2n) is 15.7. The van der Waals surface area contributed by atoms with Crippen molar-refractivity contribution in [2.24, 2.45) is 0 Å². The van der Waals surface area contributed by atoms with Gasteiger partial charge in [0.1, 0.15) is 0 Å². The lowest BCUT2D eigenvalue weighted by Gasteiger charge is -2.22. The van der Waals surface area contributed by atoms with Gasteiger partial charge in [-0.1, -0.05) is 103 Å². The van der Waals surface area contributed by atoms with Crippen LogP contribution in [0.2, 0.25) is 5.02 Å². The monoisotopic (exact) mass is 612 g/mol. The van der Waals surface area contributed by atoms with Crippen molar-refractivity contribution < 1.29 is 0 Å². The standard InChI is InChI=1S/C40H41ClN4/c1-37(2)22-39(5,6)31-19-25(11-16-29(31)37)34-43-35(26-12-17-30-32(20-26)40(7,8)23-38(30,3)4)45-36(44-34)27-13-18-33(42-21-27)24-9-14-28(41)15-10-24/h9-21H,22-23H2,1-8H3. The Morgan fingerprint density at radius 3 is 1.31 bits per heavy atom. The van der Waals surface area contributed by atoms with Crippen molar-refractivity contribution in [3.63, 3.8) is 0 Å². The van der Waals surface area contributed by atoms with Crippen molar-refractivity contribution >= 4 is 11.6 Å². The van der Waals surface area contributed by atoms with Crippen LogP contribution in [0, 0.1) is 0 Å². The molecule has 0 aliphatic heterocycles. The first kappa shape index (κ1) is 29.8. The van der Waals surface area contributed by atoms with E-state index in [1.165, 1.54) is 22.3 Å². The summed E-state index contributed by atoms with van der Waals surface area (Å²) in [6, 6.07) is 25.3. The highest BCUT2D eigenvalue weighted by molar-refractivity contribution is 6.30. The van der Waals surface area contributed by atoms with Crippen LogP contribution in [0.5, 0.6) is 0 Å². The number of rotatable bonds is 4. The normalized spacial score (nSPS) is 18.4. The number of benzene rings is 3. The van der Waals surface area contributed by atoms with E-state index in [0.717, 1.165) is 40.8 Å². The molecule has 0 amide bonds.